The topological polar surface area (TPSA) is 26.3 Å². The standard InChI is InChI=1S/C19H24O2/c1-12(20)21-19-11-10-17-16-7-6-13-4-2-3-5-14(13)15(16)8-9-18(17)19/h2-5,15-19H,6-11H2,1H3. The van der Waals surface area contributed by atoms with Crippen molar-refractivity contribution in [2.24, 2.45) is 17.8 Å². The number of hydrogen-bond donors (Lipinski definition) is 0. The van der Waals surface area contributed by atoms with E-state index in [0.717, 1.165) is 24.2 Å². The van der Waals surface area contributed by atoms with Gasteiger partial charge in [-0.05, 0) is 73.3 Å². The Morgan fingerprint density at radius 3 is 2.67 bits per heavy atom. The molecule has 0 bridgehead atoms. The molecule has 5 atom stereocenters. The number of hydrogen-bond acceptors (Lipinski definition) is 2. The zero-order chi connectivity index (χ0) is 14.4. The van der Waals surface area contributed by atoms with Gasteiger partial charge in [-0.15, -0.1) is 0 Å². The lowest BCUT2D eigenvalue weighted by atomic mass is 9.61. The minimum atomic E-state index is -0.100. The molecule has 4 rings (SSSR count). The average Bonchev–Trinajstić information content (AvgIpc) is 2.89. The SMILES string of the molecule is CC(=O)OC1CCC2C1CCC1c3ccccc3CCC12. The molecule has 0 aromatic heterocycles. The second-order valence-electron chi connectivity index (χ2n) is 7.14. The molecule has 2 fully saturated rings. The Morgan fingerprint density at radius 2 is 1.81 bits per heavy atom. The summed E-state index contributed by atoms with van der Waals surface area (Å²) in [6.45, 7) is 1.55. The number of fused-ring (bicyclic) bond motifs is 5. The highest BCUT2D eigenvalue weighted by Crippen LogP contribution is 2.55. The minimum Gasteiger partial charge on any atom is -0.462 e. The third-order valence-electron chi connectivity index (χ3n) is 6.21. The van der Waals surface area contributed by atoms with Crippen molar-refractivity contribution in [3.63, 3.8) is 0 Å². The highest BCUT2D eigenvalue weighted by molar-refractivity contribution is 5.66. The third kappa shape index (κ3) is 2.20. The van der Waals surface area contributed by atoms with Crippen LogP contribution in [-0.4, -0.2) is 12.1 Å². The van der Waals surface area contributed by atoms with Gasteiger partial charge in [0.1, 0.15) is 6.10 Å². The van der Waals surface area contributed by atoms with Gasteiger partial charge in [-0.3, -0.25) is 4.79 Å². The molecule has 112 valence electrons. The monoisotopic (exact) mass is 284 g/mol. The number of carbonyl (C=O) groups is 1. The molecular weight excluding hydrogens is 260 g/mol. The van der Waals surface area contributed by atoms with E-state index in [1.54, 1.807) is 18.1 Å². The number of benzene rings is 1. The zero-order valence-corrected chi connectivity index (χ0v) is 12.8. The van der Waals surface area contributed by atoms with Crippen LogP contribution in [0.4, 0.5) is 0 Å². The van der Waals surface area contributed by atoms with Crippen molar-refractivity contribution in [2.75, 3.05) is 0 Å². The molecular formula is C19H24O2. The fraction of sp³-hybridized carbons (Fsp3) is 0.632. The highest BCUT2D eigenvalue weighted by Gasteiger charge is 2.48. The predicted molar refractivity (Wildman–Crippen MR) is 82.0 cm³/mol. The molecule has 3 aliphatic rings. The number of carbonyl (C=O) groups excluding carboxylic acids is 1. The zero-order valence-electron chi connectivity index (χ0n) is 12.8. The molecule has 1 aromatic rings. The molecule has 0 aliphatic heterocycles. The van der Waals surface area contributed by atoms with Crippen LogP contribution >= 0.6 is 0 Å². The van der Waals surface area contributed by atoms with Gasteiger partial charge in [0.05, 0.1) is 0 Å². The molecule has 0 amide bonds. The molecule has 0 spiro atoms. The Labute approximate surface area is 126 Å². The summed E-state index contributed by atoms with van der Waals surface area (Å²) in [6.07, 6.45) is 7.62. The lowest BCUT2D eigenvalue weighted by Crippen LogP contribution is -2.37. The Hall–Kier alpha value is -1.31. The van der Waals surface area contributed by atoms with Crippen LogP contribution in [0, 0.1) is 17.8 Å². The molecule has 21 heavy (non-hydrogen) atoms. The van der Waals surface area contributed by atoms with Crippen LogP contribution in [0.2, 0.25) is 0 Å². The summed E-state index contributed by atoms with van der Waals surface area (Å²) in [5.74, 6) is 2.88. The van der Waals surface area contributed by atoms with Crippen molar-refractivity contribution in [3.8, 4) is 0 Å². The van der Waals surface area contributed by atoms with E-state index in [0.29, 0.717) is 5.92 Å². The van der Waals surface area contributed by atoms with Gasteiger partial charge in [0, 0.05) is 6.92 Å². The van der Waals surface area contributed by atoms with Crippen LogP contribution < -0.4 is 0 Å². The minimum absolute atomic E-state index is 0.100. The average molecular weight is 284 g/mol. The summed E-state index contributed by atoms with van der Waals surface area (Å²) in [6, 6.07) is 9.04. The molecule has 1 aromatic carbocycles. The van der Waals surface area contributed by atoms with E-state index < -0.39 is 0 Å². The summed E-state index contributed by atoms with van der Waals surface area (Å²) in [4.78, 5) is 11.3. The summed E-state index contributed by atoms with van der Waals surface area (Å²) < 4.78 is 5.59. The summed E-state index contributed by atoms with van der Waals surface area (Å²) in [5.41, 5.74) is 3.19. The molecule has 0 saturated heterocycles. The van der Waals surface area contributed by atoms with Crippen molar-refractivity contribution < 1.29 is 9.53 Å². The van der Waals surface area contributed by atoms with E-state index in [4.69, 9.17) is 4.74 Å². The van der Waals surface area contributed by atoms with Gasteiger partial charge >= 0.3 is 5.97 Å². The summed E-state index contributed by atoms with van der Waals surface area (Å²) in [7, 11) is 0. The number of rotatable bonds is 1. The molecule has 0 radical (unpaired) electrons. The van der Waals surface area contributed by atoms with Crippen molar-refractivity contribution in [1.82, 2.24) is 0 Å². The van der Waals surface area contributed by atoms with Gasteiger partial charge in [-0.2, -0.15) is 0 Å². The molecule has 2 nitrogen and oxygen atoms in total. The number of ether oxygens (including phenoxy) is 1. The largest absolute Gasteiger partial charge is 0.462 e. The van der Waals surface area contributed by atoms with E-state index in [2.05, 4.69) is 24.3 Å². The van der Waals surface area contributed by atoms with Crippen LogP contribution in [0.1, 0.15) is 56.1 Å². The highest BCUT2D eigenvalue weighted by atomic mass is 16.5. The van der Waals surface area contributed by atoms with E-state index >= 15 is 0 Å². The van der Waals surface area contributed by atoms with Crippen LogP contribution in [0.3, 0.4) is 0 Å². The normalized spacial score (nSPS) is 37.3. The van der Waals surface area contributed by atoms with E-state index in [9.17, 15) is 4.79 Å². The van der Waals surface area contributed by atoms with E-state index in [1.807, 2.05) is 0 Å². The van der Waals surface area contributed by atoms with Gasteiger partial charge < -0.3 is 4.74 Å². The van der Waals surface area contributed by atoms with Crippen molar-refractivity contribution in [2.45, 2.75) is 57.5 Å². The first-order valence-corrected chi connectivity index (χ1v) is 8.49. The maximum Gasteiger partial charge on any atom is 0.302 e. The molecule has 0 N–H and O–H groups in total. The quantitative estimate of drug-likeness (QED) is 0.726. The van der Waals surface area contributed by atoms with Gasteiger partial charge in [-0.1, -0.05) is 24.3 Å². The van der Waals surface area contributed by atoms with Crippen LogP contribution in [0.15, 0.2) is 24.3 Å². The van der Waals surface area contributed by atoms with Crippen LogP contribution in [0.5, 0.6) is 0 Å². The second-order valence-corrected chi connectivity index (χ2v) is 7.14. The Bertz CT molecular complexity index is 550. The Morgan fingerprint density at radius 1 is 1.00 bits per heavy atom. The van der Waals surface area contributed by atoms with Crippen molar-refractivity contribution >= 4 is 5.97 Å². The lowest BCUT2D eigenvalue weighted by Gasteiger charge is -2.44. The predicted octanol–water partition coefficient (Wildman–Crippen LogP) is 4.08. The number of esters is 1. The Kier molecular flexibility index (Phi) is 3.28. The summed E-state index contributed by atoms with van der Waals surface area (Å²) in [5, 5.41) is 0. The third-order valence-corrected chi connectivity index (χ3v) is 6.21. The molecule has 2 saturated carbocycles. The Balaban J connectivity index is 1.58. The van der Waals surface area contributed by atoms with Gasteiger partial charge in [-0.25, -0.2) is 0 Å². The fourth-order valence-electron chi connectivity index (χ4n) is 5.48. The summed E-state index contributed by atoms with van der Waals surface area (Å²) >= 11 is 0. The molecule has 2 heteroatoms. The first kappa shape index (κ1) is 13.4. The second kappa shape index (κ2) is 5.15. The smallest absolute Gasteiger partial charge is 0.302 e. The van der Waals surface area contributed by atoms with Gasteiger partial charge in [0.25, 0.3) is 0 Å². The van der Waals surface area contributed by atoms with Gasteiger partial charge in [0.15, 0.2) is 0 Å². The first-order valence-electron chi connectivity index (χ1n) is 8.49. The molecule has 0 heterocycles. The fourth-order valence-corrected chi connectivity index (χ4v) is 5.48. The van der Waals surface area contributed by atoms with Crippen LogP contribution in [-0.2, 0) is 16.0 Å². The maximum atomic E-state index is 11.3. The van der Waals surface area contributed by atoms with E-state index in [1.165, 1.54) is 32.1 Å². The molecule has 3 aliphatic carbocycles. The first-order chi connectivity index (χ1) is 10.2. The van der Waals surface area contributed by atoms with Gasteiger partial charge in [0.2, 0.25) is 0 Å². The van der Waals surface area contributed by atoms with E-state index in [-0.39, 0.29) is 12.1 Å². The van der Waals surface area contributed by atoms with Crippen molar-refractivity contribution in [1.29, 1.82) is 0 Å². The molecule has 5 unspecified atom stereocenters. The van der Waals surface area contributed by atoms with Crippen LogP contribution in [0.25, 0.3) is 0 Å². The lowest BCUT2D eigenvalue weighted by molar-refractivity contribution is -0.149. The number of aryl methyl sites for hydroxylation is 1. The maximum absolute atomic E-state index is 11.3. The van der Waals surface area contributed by atoms with Crippen molar-refractivity contribution in [3.05, 3.63) is 35.4 Å².